The number of carbonyl (C=O) groups is 2. The van der Waals surface area contributed by atoms with E-state index in [2.05, 4.69) is 20.8 Å². The molecule has 0 fully saturated rings. The van der Waals surface area contributed by atoms with Gasteiger partial charge in [0.05, 0.1) is 19.7 Å². The summed E-state index contributed by atoms with van der Waals surface area (Å²) in [4.78, 5) is 28.6. The number of rotatable bonds is 7. The second-order valence-corrected chi connectivity index (χ2v) is 6.60. The maximum Gasteiger partial charge on any atom is 0.257 e. The summed E-state index contributed by atoms with van der Waals surface area (Å²) in [5.74, 6) is 0.443. The van der Waals surface area contributed by atoms with Gasteiger partial charge >= 0.3 is 0 Å². The van der Waals surface area contributed by atoms with Gasteiger partial charge in [0.2, 0.25) is 5.91 Å². The highest BCUT2D eigenvalue weighted by Gasteiger charge is 2.17. The quantitative estimate of drug-likeness (QED) is 0.615. The molecule has 0 aliphatic carbocycles. The van der Waals surface area contributed by atoms with Gasteiger partial charge in [-0.25, -0.2) is 0 Å². The maximum atomic E-state index is 12.2. The van der Waals surface area contributed by atoms with Crippen LogP contribution in [0, 0.1) is 0 Å². The highest BCUT2D eigenvalue weighted by atomic mass is 35.5. The number of benzene rings is 2. The summed E-state index contributed by atoms with van der Waals surface area (Å²) in [6.45, 7) is 1.53. The Morgan fingerprint density at radius 1 is 1.21 bits per heavy atom. The van der Waals surface area contributed by atoms with Crippen molar-refractivity contribution < 1.29 is 18.8 Å². The number of ether oxygens (including phenoxy) is 1. The molecule has 0 bridgehead atoms. The molecule has 1 heterocycles. The molecule has 8 nitrogen and oxygen atoms in total. The van der Waals surface area contributed by atoms with Crippen molar-refractivity contribution in [3.63, 3.8) is 0 Å². The third-order valence-electron chi connectivity index (χ3n) is 4.04. The van der Waals surface area contributed by atoms with E-state index < -0.39 is 6.04 Å². The number of amides is 2. The van der Waals surface area contributed by atoms with Crippen LogP contribution in [-0.2, 0) is 4.79 Å². The molecule has 3 aromatic rings. The van der Waals surface area contributed by atoms with Gasteiger partial charge in [-0.05, 0) is 49.4 Å². The Kier molecular flexibility index (Phi) is 6.46. The molecule has 29 heavy (non-hydrogen) atoms. The number of carbonyl (C=O) groups excluding carboxylic acids is 2. The normalized spacial score (nSPS) is 11.6. The van der Waals surface area contributed by atoms with Crippen LogP contribution in [0.4, 0.5) is 0 Å². The molecule has 0 radical (unpaired) electrons. The summed E-state index contributed by atoms with van der Waals surface area (Å²) < 4.78 is 10.3. The third-order valence-corrected chi connectivity index (χ3v) is 4.29. The van der Waals surface area contributed by atoms with Gasteiger partial charge in [-0.2, -0.15) is 4.98 Å². The van der Waals surface area contributed by atoms with E-state index in [0.717, 1.165) is 5.56 Å². The van der Waals surface area contributed by atoms with Crippen LogP contribution in [0.2, 0.25) is 5.02 Å². The smallest absolute Gasteiger partial charge is 0.257 e. The summed E-state index contributed by atoms with van der Waals surface area (Å²) >= 11 is 5.87. The topological polar surface area (TPSA) is 106 Å². The SMILES string of the molecule is COc1cccc(C(=O)NCC(=O)NC(C)c2noc(-c3ccc(Cl)cc3)n2)c1. The second-order valence-electron chi connectivity index (χ2n) is 6.17. The van der Waals surface area contributed by atoms with Gasteiger partial charge in [-0.1, -0.05) is 22.8 Å². The Hall–Kier alpha value is -3.39. The van der Waals surface area contributed by atoms with E-state index in [9.17, 15) is 9.59 Å². The fourth-order valence-corrected chi connectivity index (χ4v) is 2.63. The molecule has 1 unspecified atom stereocenters. The zero-order chi connectivity index (χ0) is 20.8. The zero-order valence-electron chi connectivity index (χ0n) is 15.8. The fraction of sp³-hybridized carbons (Fsp3) is 0.200. The van der Waals surface area contributed by atoms with E-state index in [0.29, 0.717) is 28.1 Å². The monoisotopic (exact) mass is 414 g/mol. The predicted molar refractivity (Wildman–Crippen MR) is 107 cm³/mol. The van der Waals surface area contributed by atoms with E-state index in [-0.39, 0.29) is 18.4 Å². The number of nitrogens with one attached hydrogen (secondary N) is 2. The van der Waals surface area contributed by atoms with E-state index in [1.54, 1.807) is 55.5 Å². The molecule has 3 rings (SSSR count). The summed E-state index contributed by atoms with van der Waals surface area (Å²) in [6, 6.07) is 13.1. The molecule has 1 atom stereocenters. The standard InChI is InChI=1S/C20H19ClN4O4/c1-12(18-24-20(29-25-18)13-6-8-15(21)9-7-13)23-17(26)11-22-19(27)14-4-3-5-16(10-14)28-2/h3-10,12H,11H2,1-2H3,(H,22,27)(H,23,26). The summed E-state index contributed by atoms with van der Waals surface area (Å²) in [5, 5.41) is 9.77. The zero-order valence-corrected chi connectivity index (χ0v) is 16.6. The minimum Gasteiger partial charge on any atom is -0.497 e. The van der Waals surface area contributed by atoms with Crippen molar-refractivity contribution in [1.82, 2.24) is 20.8 Å². The van der Waals surface area contributed by atoms with Gasteiger partial charge in [0, 0.05) is 16.1 Å². The largest absolute Gasteiger partial charge is 0.497 e. The summed E-state index contributed by atoms with van der Waals surface area (Å²) in [6.07, 6.45) is 0. The van der Waals surface area contributed by atoms with Gasteiger partial charge in [-0.15, -0.1) is 0 Å². The number of hydrogen-bond acceptors (Lipinski definition) is 6. The highest BCUT2D eigenvalue weighted by Crippen LogP contribution is 2.21. The first kappa shape index (κ1) is 20.3. The molecule has 0 spiro atoms. The molecule has 1 aromatic heterocycles. The Morgan fingerprint density at radius 2 is 1.97 bits per heavy atom. The van der Waals surface area contributed by atoms with Gasteiger partial charge < -0.3 is 19.9 Å². The van der Waals surface area contributed by atoms with Crippen LogP contribution in [0.3, 0.4) is 0 Å². The van der Waals surface area contributed by atoms with E-state index >= 15 is 0 Å². The van der Waals surface area contributed by atoms with Crippen molar-refractivity contribution in [2.45, 2.75) is 13.0 Å². The average Bonchev–Trinajstić information content (AvgIpc) is 3.23. The van der Waals surface area contributed by atoms with Crippen LogP contribution in [0.5, 0.6) is 5.75 Å². The molecular weight excluding hydrogens is 396 g/mol. The highest BCUT2D eigenvalue weighted by molar-refractivity contribution is 6.30. The lowest BCUT2D eigenvalue weighted by molar-refractivity contribution is -0.120. The Bertz CT molecular complexity index is 1000. The van der Waals surface area contributed by atoms with Gasteiger partial charge in [0.15, 0.2) is 5.82 Å². The fourth-order valence-electron chi connectivity index (χ4n) is 2.50. The van der Waals surface area contributed by atoms with Crippen LogP contribution in [0.15, 0.2) is 53.1 Å². The first-order valence-electron chi connectivity index (χ1n) is 8.77. The minimum atomic E-state index is -0.499. The number of aromatic nitrogens is 2. The molecule has 150 valence electrons. The van der Waals surface area contributed by atoms with Crippen molar-refractivity contribution in [2.24, 2.45) is 0 Å². The van der Waals surface area contributed by atoms with Crippen LogP contribution in [-0.4, -0.2) is 35.6 Å². The first-order chi connectivity index (χ1) is 14.0. The van der Waals surface area contributed by atoms with Crippen LogP contribution in [0.1, 0.15) is 29.1 Å². The lowest BCUT2D eigenvalue weighted by Crippen LogP contribution is -2.38. The van der Waals surface area contributed by atoms with E-state index in [4.69, 9.17) is 20.9 Å². The Labute approximate surface area is 172 Å². The molecule has 0 aliphatic heterocycles. The number of methoxy groups -OCH3 is 1. The molecule has 0 saturated heterocycles. The van der Waals surface area contributed by atoms with E-state index in [1.165, 1.54) is 7.11 Å². The van der Waals surface area contributed by atoms with Crippen molar-refractivity contribution in [1.29, 1.82) is 0 Å². The molecule has 2 amide bonds. The summed E-state index contributed by atoms with van der Waals surface area (Å²) in [5.41, 5.74) is 1.12. The van der Waals surface area contributed by atoms with Gasteiger partial charge in [0.1, 0.15) is 5.75 Å². The summed E-state index contributed by atoms with van der Waals surface area (Å²) in [7, 11) is 1.52. The third kappa shape index (κ3) is 5.32. The van der Waals surface area contributed by atoms with Gasteiger partial charge in [-0.3, -0.25) is 9.59 Å². The molecule has 0 saturated carbocycles. The van der Waals surface area contributed by atoms with Crippen LogP contribution in [0.25, 0.3) is 11.5 Å². The van der Waals surface area contributed by atoms with Crippen molar-refractivity contribution in [3.05, 3.63) is 64.9 Å². The van der Waals surface area contributed by atoms with Crippen LogP contribution < -0.4 is 15.4 Å². The molecule has 0 aliphatic rings. The number of hydrogen-bond donors (Lipinski definition) is 2. The van der Waals surface area contributed by atoms with E-state index in [1.807, 2.05) is 0 Å². The number of nitrogens with zero attached hydrogens (tertiary/aromatic N) is 2. The first-order valence-corrected chi connectivity index (χ1v) is 9.15. The Morgan fingerprint density at radius 3 is 2.69 bits per heavy atom. The van der Waals surface area contributed by atoms with Crippen molar-refractivity contribution >= 4 is 23.4 Å². The van der Waals surface area contributed by atoms with Crippen molar-refractivity contribution in [2.75, 3.05) is 13.7 Å². The molecular formula is C20H19ClN4O4. The average molecular weight is 415 g/mol. The molecule has 2 aromatic carbocycles. The predicted octanol–water partition coefficient (Wildman–Crippen LogP) is 3.01. The maximum absolute atomic E-state index is 12.2. The lowest BCUT2D eigenvalue weighted by atomic mass is 10.2. The Balaban J connectivity index is 1.54. The minimum absolute atomic E-state index is 0.192. The lowest BCUT2D eigenvalue weighted by Gasteiger charge is -2.11. The number of halogens is 1. The molecule has 2 N–H and O–H groups in total. The second kappa shape index (κ2) is 9.20. The van der Waals surface area contributed by atoms with Crippen LogP contribution >= 0.6 is 11.6 Å². The van der Waals surface area contributed by atoms with Gasteiger partial charge in [0.25, 0.3) is 11.8 Å². The van der Waals surface area contributed by atoms with Crippen molar-refractivity contribution in [3.8, 4) is 17.2 Å². The molecule has 9 heteroatoms.